The van der Waals surface area contributed by atoms with Crippen molar-refractivity contribution < 1.29 is 19.1 Å². The van der Waals surface area contributed by atoms with Gasteiger partial charge in [-0.3, -0.25) is 14.5 Å². The van der Waals surface area contributed by atoms with E-state index < -0.39 is 29.9 Å². The number of nitrogens with zero attached hydrogens (tertiary/aromatic N) is 1. The molecule has 1 atom stereocenters. The molecule has 0 saturated carbocycles. The molecule has 4 amide bonds. The quantitative estimate of drug-likeness (QED) is 0.733. The Morgan fingerprint density at radius 2 is 1.97 bits per heavy atom. The Morgan fingerprint density at radius 3 is 2.62 bits per heavy atom. The van der Waals surface area contributed by atoms with Gasteiger partial charge in [-0.15, -0.1) is 0 Å². The third-order valence-corrected chi connectivity index (χ3v) is 5.50. The van der Waals surface area contributed by atoms with Crippen LogP contribution in [0.3, 0.4) is 0 Å². The second kappa shape index (κ2) is 7.75. The molecular formula is C21H22ClN3O4. The van der Waals surface area contributed by atoms with E-state index in [9.17, 15) is 14.4 Å². The van der Waals surface area contributed by atoms with Crippen molar-refractivity contribution in [3.8, 4) is 5.75 Å². The lowest BCUT2D eigenvalue weighted by molar-refractivity contribution is -0.133. The number of imide groups is 1. The number of hydrogen-bond donors (Lipinski definition) is 2. The average Bonchev–Trinajstić information content (AvgIpc) is 2.89. The molecule has 8 heteroatoms. The summed E-state index contributed by atoms with van der Waals surface area (Å²) in [7, 11) is 1.56. The first-order valence-electron chi connectivity index (χ1n) is 9.01. The summed E-state index contributed by atoms with van der Waals surface area (Å²) in [6, 6.07) is 9.76. The van der Waals surface area contributed by atoms with Crippen LogP contribution in [-0.4, -0.2) is 36.4 Å². The molecule has 1 unspecified atom stereocenters. The van der Waals surface area contributed by atoms with Gasteiger partial charge < -0.3 is 15.4 Å². The highest BCUT2D eigenvalue weighted by atomic mass is 35.5. The monoisotopic (exact) mass is 415 g/mol. The normalized spacial score (nSPS) is 18.6. The number of hydrogen-bond acceptors (Lipinski definition) is 4. The average molecular weight is 416 g/mol. The largest absolute Gasteiger partial charge is 0.496 e. The summed E-state index contributed by atoms with van der Waals surface area (Å²) in [5, 5.41) is 5.91. The van der Waals surface area contributed by atoms with E-state index in [2.05, 4.69) is 10.6 Å². The molecule has 0 radical (unpaired) electrons. The Morgan fingerprint density at radius 1 is 1.24 bits per heavy atom. The topological polar surface area (TPSA) is 87.7 Å². The predicted molar refractivity (Wildman–Crippen MR) is 110 cm³/mol. The molecule has 1 saturated heterocycles. The molecule has 2 N–H and O–H groups in total. The van der Waals surface area contributed by atoms with Crippen LogP contribution in [0.5, 0.6) is 5.75 Å². The highest BCUT2D eigenvalue weighted by Crippen LogP contribution is 2.32. The van der Waals surface area contributed by atoms with E-state index in [1.807, 2.05) is 6.92 Å². The van der Waals surface area contributed by atoms with Gasteiger partial charge in [-0.05, 0) is 61.7 Å². The third kappa shape index (κ3) is 3.78. The first-order chi connectivity index (χ1) is 13.7. The number of benzene rings is 2. The zero-order chi connectivity index (χ0) is 21.3. The van der Waals surface area contributed by atoms with Gasteiger partial charge in [-0.1, -0.05) is 23.7 Å². The van der Waals surface area contributed by atoms with E-state index in [0.29, 0.717) is 27.6 Å². The highest BCUT2D eigenvalue weighted by Gasteiger charge is 2.49. The summed E-state index contributed by atoms with van der Waals surface area (Å²) >= 11 is 6.06. The van der Waals surface area contributed by atoms with Crippen LogP contribution in [0.2, 0.25) is 5.02 Å². The van der Waals surface area contributed by atoms with E-state index in [-0.39, 0.29) is 0 Å². The van der Waals surface area contributed by atoms with Crippen molar-refractivity contribution in [2.75, 3.05) is 19.0 Å². The second-order valence-corrected chi connectivity index (χ2v) is 7.50. The molecule has 7 nitrogen and oxygen atoms in total. The standard InChI is InChI=1S/C21H22ClN3O4/c1-12-10-14(8-9-17(12)29-4)21(3)19(27)25(20(28)24-21)11-18(26)23-16-7-5-6-15(22)13(16)2/h5-10H,11H2,1-4H3,(H,23,26)(H,24,28). The van der Waals surface area contributed by atoms with Crippen LogP contribution in [0, 0.1) is 13.8 Å². The summed E-state index contributed by atoms with van der Waals surface area (Å²) in [6.07, 6.45) is 0. The van der Waals surface area contributed by atoms with E-state index in [1.165, 1.54) is 0 Å². The molecule has 152 valence electrons. The van der Waals surface area contributed by atoms with Crippen molar-refractivity contribution in [2.24, 2.45) is 0 Å². The first kappa shape index (κ1) is 20.7. The Labute approximate surface area is 174 Å². The fourth-order valence-corrected chi connectivity index (χ4v) is 3.48. The molecule has 1 heterocycles. The second-order valence-electron chi connectivity index (χ2n) is 7.09. The predicted octanol–water partition coefficient (Wildman–Crippen LogP) is 3.37. The molecule has 29 heavy (non-hydrogen) atoms. The number of ether oxygens (including phenoxy) is 1. The van der Waals surface area contributed by atoms with Crippen molar-refractivity contribution >= 4 is 35.1 Å². The van der Waals surface area contributed by atoms with Gasteiger partial charge in [-0.25, -0.2) is 4.79 Å². The smallest absolute Gasteiger partial charge is 0.325 e. The Kier molecular flexibility index (Phi) is 5.53. The molecule has 1 aliphatic rings. The lowest BCUT2D eigenvalue weighted by Gasteiger charge is -2.23. The van der Waals surface area contributed by atoms with Crippen LogP contribution in [-0.2, 0) is 15.1 Å². The van der Waals surface area contributed by atoms with E-state index >= 15 is 0 Å². The molecule has 0 spiro atoms. The summed E-state index contributed by atoms with van der Waals surface area (Å²) in [6.45, 7) is 4.84. The van der Waals surface area contributed by atoms with Gasteiger partial charge in [-0.2, -0.15) is 0 Å². The van der Waals surface area contributed by atoms with Crippen molar-refractivity contribution in [3.05, 3.63) is 58.1 Å². The number of methoxy groups -OCH3 is 1. The van der Waals surface area contributed by atoms with Crippen LogP contribution >= 0.6 is 11.6 Å². The Bertz CT molecular complexity index is 1010. The van der Waals surface area contributed by atoms with Crippen molar-refractivity contribution in [2.45, 2.75) is 26.3 Å². The fourth-order valence-electron chi connectivity index (χ4n) is 3.30. The van der Waals surface area contributed by atoms with Crippen molar-refractivity contribution in [1.29, 1.82) is 0 Å². The van der Waals surface area contributed by atoms with Gasteiger partial charge in [0.05, 0.1) is 7.11 Å². The zero-order valence-electron chi connectivity index (χ0n) is 16.6. The zero-order valence-corrected chi connectivity index (χ0v) is 17.4. The molecular weight excluding hydrogens is 394 g/mol. The fraction of sp³-hybridized carbons (Fsp3) is 0.286. The van der Waals surface area contributed by atoms with Crippen molar-refractivity contribution in [1.82, 2.24) is 10.2 Å². The van der Waals surface area contributed by atoms with Gasteiger partial charge in [0.1, 0.15) is 17.8 Å². The molecule has 0 aromatic heterocycles. The number of carbonyl (C=O) groups excluding carboxylic acids is 3. The van der Waals surface area contributed by atoms with Gasteiger partial charge in [0, 0.05) is 10.7 Å². The van der Waals surface area contributed by atoms with Crippen LogP contribution in [0.4, 0.5) is 10.5 Å². The summed E-state index contributed by atoms with van der Waals surface area (Å²) in [4.78, 5) is 38.9. The number of carbonyl (C=O) groups is 3. The summed E-state index contributed by atoms with van der Waals surface area (Å²) in [5.74, 6) is -0.304. The van der Waals surface area contributed by atoms with Gasteiger partial charge in [0.2, 0.25) is 5.91 Å². The number of aryl methyl sites for hydroxylation is 1. The first-order valence-corrected chi connectivity index (χ1v) is 9.39. The van der Waals surface area contributed by atoms with Crippen LogP contribution < -0.4 is 15.4 Å². The molecule has 2 aromatic rings. The van der Waals surface area contributed by atoms with Crippen molar-refractivity contribution in [3.63, 3.8) is 0 Å². The lowest BCUT2D eigenvalue weighted by Crippen LogP contribution is -2.42. The third-order valence-electron chi connectivity index (χ3n) is 5.09. The van der Waals surface area contributed by atoms with E-state index in [4.69, 9.17) is 16.3 Å². The number of nitrogens with one attached hydrogen (secondary N) is 2. The number of rotatable bonds is 5. The number of halogens is 1. The number of anilines is 1. The van der Waals surface area contributed by atoms with Crippen LogP contribution in [0.1, 0.15) is 23.6 Å². The molecule has 1 fully saturated rings. The maximum absolute atomic E-state index is 13.0. The molecule has 0 bridgehead atoms. The maximum Gasteiger partial charge on any atom is 0.325 e. The summed E-state index contributed by atoms with van der Waals surface area (Å²) < 4.78 is 5.25. The van der Waals surface area contributed by atoms with Gasteiger partial charge in [0.15, 0.2) is 0 Å². The minimum absolute atomic E-state index is 0.401. The van der Waals surface area contributed by atoms with Crippen LogP contribution in [0.15, 0.2) is 36.4 Å². The summed E-state index contributed by atoms with van der Waals surface area (Å²) in [5.41, 5.74) is 1.42. The van der Waals surface area contributed by atoms with E-state index in [1.54, 1.807) is 57.4 Å². The molecule has 1 aliphatic heterocycles. The molecule has 0 aliphatic carbocycles. The minimum atomic E-state index is -1.26. The lowest BCUT2D eigenvalue weighted by atomic mass is 9.90. The number of urea groups is 1. The highest BCUT2D eigenvalue weighted by molar-refractivity contribution is 6.31. The molecule has 3 rings (SSSR count). The Balaban J connectivity index is 1.79. The van der Waals surface area contributed by atoms with Crippen LogP contribution in [0.25, 0.3) is 0 Å². The maximum atomic E-state index is 13.0. The number of amides is 4. The SMILES string of the molecule is COc1ccc(C2(C)NC(=O)N(CC(=O)Nc3cccc(Cl)c3C)C2=O)cc1C. The molecule has 2 aromatic carbocycles. The van der Waals surface area contributed by atoms with Gasteiger partial charge >= 0.3 is 6.03 Å². The van der Waals surface area contributed by atoms with Gasteiger partial charge in [0.25, 0.3) is 5.91 Å². The Hall–Kier alpha value is -3.06. The van der Waals surface area contributed by atoms with E-state index in [0.717, 1.165) is 10.5 Å². The minimum Gasteiger partial charge on any atom is -0.496 e.